The molecule has 0 aliphatic carbocycles. The average Bonchev–Trinajstić information content (AvgIpc) is 3.07. The number of hydrogen-bond acceptors (Lipinski definition) is 4. The smallest absolute Gasteiger partial charge is 0.349 e. The van der Waals surface area contributed by atoms with E-state index in [0.717, 1.165) is 12.3 Å². The van der Waals surface area contributed by atoms with Gasteiger partial charge in [0.05, 0.1) is 23.3 Å². The number of nitrogens with one attached hydrogen (secondary N) is 2. The monoisotopic (exact) mass is 402 g/mol. The number of nitrogens with zero attached hydrogens (tertiary/aromatic N) is 2. The molecule has 2 N–H and O–H groups in total. The molecule has 2 aromatic rings. The highest BCUT2D eigenvalue weighted by Crippen LogP contribution is 2.31. The summed E-state index contributed by atoms with van der Waals surface area (Å²) in [5, 5.41) is 5.67. The van der Waals surface area contributed by atoms with Crippen molar-refractivity contribution in [2.75, 3.05) is 6.54 Å². The van der Waals surface area contributed by atoms with E-state index in [4.69, 9.17) is 11.6 Å². The number of hydrogen-bond donors (Lipinski definition) is 2. The van der Waals surface area contributed by atoms with Crippen LogP contribution in [0.15, 0.2) is 30.6 Å². The number of carbonyl (C=O) groups excluding carboxylic acids is 1. The Balaban J connectivity index is 1.71. The van der Waals surface area contributed by atoms with Crippen LogP contribution in [0.2, 0.25) is 5.02 Å². The van der Waals surface area contributed by atoms with Crippen molar-refractivity contribution in [2.24, 2.45) is 0 Å². The van der Waals surface area contributed by atoms with Crippen LogP contribution < -0.4 is 10.6 Å². The largest absolute Gasteiger partial charge is 0.433 e. The predicted octanol–water partition coefficient (Wildman–Crippen LogP) is 3.13. The average molecular weight is 403 g/mol. The van der Waals surface area contributed by atoms with Gasteiger partial charge < -0.3 is 10.6 Å². The Bertz CT molecular complexity index is 829. The van der Waals surface area contributed by atoms with E-state index >= 15 is 0 Å². The van der Waals surface area contributed by atoms with E-state index in [1.54, 1.807) is 6.07 Å². The molecule has 5 nitrogen and oxygen atoms in total. The molecule has 1 saturated heterocycles. The third kappa shape index (κ3) is 4.72. The van der Waals surface area contributed by atoms with Gasteiger partial charge in [0, 0.05) is 36.5 Å². The normalized spacial score (nSPS) is 19.9. The first-order chi connectivity index (χ1) is 12.7. The van der Waals surface area contributed by atoms with Crippen LogP contribution in [0.25, 0.3) is 11.1 Å². The van der Waals surface area contributed by atoms with Crippen LogP contribution >= 0.6 is 11.6 Å². The number of carbonyl (C=O) groups is 1. The first-order valence-corrected chi connectivity index (χ1v) is 8.45. The fraction of sp³-hybridized carbons (Fsp3) is 0.353. The molecule has 3 heterocycles. The lowest BCUT2D eigenvalue weighted by Gasteiger charge is -2.12. The number of alkyl halides is 4. The Labute approximate surface area is 157 Å². The molecular formula is C17H15ClF4N4O. The van der Waals surface area contributed by atoms with Gasteiger partial charge in [-0.25, -0.2) is 4.39 Å². The van der Waals surface area contributed by atoms with Crippen LogP contribution in [0.4, 0.5) is 17.6 Å². The van der Waals surface area contributed by atoms with Crippen molar-refractivity contribution in [3.8, 4) is 11.1 Å². The molecule has 144 valence electrons. The number of aromatic nitrogens is 2. The number of rotatable bonds is 4. The van der Waals surface area contributed by atoms with E-state index in [1.807, 2.05) is 0 Å². The highest BCUT2D eigenvalue weighted by atomic mass is 35.5. The van der Waals surface area contributed by atoms with Gasteiger partial charge in [-0.1, -0.05) is 17.7 Å². The van der Waals surface area contributed by atoms with Crippen LogP contribution in [0.1, 0.15) is 17.8 Å². The maximum Gasteiger partial charge on any atom is 0.433 e. The Hall–Kier alpha value is -2.26. The summed E-state index contributed by atoms with van der Waals surface area (Å²) < 4.78 is 51.0. The molecule has 0 saturated carbocycles. The van der Waals surface area contributed by atoms with Crippen molar-refractivity contribution in [1.29, 1.82) is 0 Å². The minimum Gasteiger partial charge on any atom is -0.349 e. The van der Waals surface area contributed by atoms with Crippen molar-refractivity contribution in [3.05, 3.63) is 47.0 Å². The summed E-state index contributed by atoms with van der Waals surface area (Å²) in [7, 11) is 0. The summed E-state index contributed by atoms with van der Waals surface area (Å²) in [4.78, 5) is 19.5. The molecule has 0 unspecified atom stereocenters. The lowest BCUT2D eigenvalue weighted by molar-refractivity contribution is -0.141. The molecular weight excluding hydrogens is 388 g/mol. The van der Waals surface area contributed by atoms with Crippen molar-refractivity contribution in [1.82, 2.24) is 20.6 Å². The topological polar surface area (TPSA) is 66.9 Å². The van der Waals surface area contributed by atoms with E-state index < -0.39 is 24.1 Å². The second-order valence-electron chi connectivity index (χ2n) is 6.10. The lowest BCUT2D eigenvalue weighted by atomic mass is 10.1. The molecule has 2 atom stereocenters. The maximum atomic E-state index is 13.1. The zero-order valence-electron chi connectivity index (χ0n) is 13.9. The standard InChI is InChI=1S/C17H15ClF4N4O/c18-13-8-23-11(7-26-16(27)14-3-10(19)6-24-14)4-12(13)9-1-2-15(25-5-9)17(20,21)22/h1-2,4-5,8,10,14,24H,3,6-7H2,(H,26,27)/t10-,14-/m1/s1. The molecule has 1 amide bonds. The highest BCUT2D eigenvalue weighted by Gasteiger charge is 2.32. The van der Waals surface area contributed by atoms with Crippen molar-refractivity contribution < 1.29 is 22.4 Å². The minimum atomic E-state index is -4.52. The van der Waals surface area contributed by atoms with Gasteiger partial charge in [0.25, 0.3) is 0 Å². The molecule has 10 heteroatoms. The lowest BCUT2D eigenvalue weighted by Crippen LogP contribution is -2.40. The molecule has 1 aliphatic heterocycles. The Morgan fingerprint density at radius 2 is 2.07 bits per heavy atom. The van der Waals surface area contributed by atoms with Crippen LogP contribution in [-0.4, -0.2) is 34.6 Å². The second kappa shape index (κ2) is 7.77. The van der Waals surface area contributed by atoms with E-state index in [1.165, 1.54) is 12.3 Å². The Kier molecular flexibility index (Phi) is 5.61. The summed E-state index contributed by atoms with van der Waals surface area (Å²) in [6.45, 7) is 0.217. The highest BCUT2D eigenvalue weighted by molar-refractivity contribution is 6.33. The van der Waals surface area contributed by atoms with Crippen LogP contribution in [-0.2, 0) is 17.5 Å². The summed E-state index contributed by atoms with van der Waals surface area (Å²) in [5.74, 6) is -0.343. The van der Waals surface area contributed by atoms with Crippen LogP contribution in [0, 0.1) is 0 Å². The zero-order chi connectivity index (χ0) is 19.6. The molecule has 1 fully saturated rings. The maximum absolute atomic E-state index is 13.1. The predicted molar refractivity (Wildman–Crippen MR) is 90.6 cm³/mol. The fourth-order valence-electron chi connectivity index (χ4n) is 2.71. The molecule has 2 aromatic heterocycles. The quantitative estimate of drug-likeness (QED) is 0.771. The number of pyridine rings is 2. The summed E-state index contributed by atoms with van der Waals surface area (Å²) in [6.07, 6.45) is -3.03. The van der Waals surface area contributed by atoms with Gasteiger partial charge in [0.2, 0.25) is 5.91 Å². The van der Waals surface area contributed by atoms with E-state index in [0.29, 0.717) is 16.8 Å². The van der Waals surface area contributed by atoms with Gasteiger partial charge in [0.15, 0.2) is 0 Å². The molecule has 0 bridgehead atoms. The van der Waals surface area contributed by atoms with Gasteiger partial charge in [0.1, 0.15) is 11.9 Å². The van der Waals surface area contributed by atoms with Gasteiger partial charge in [-0.05, 0) is 12.1 Å². The van der Waals surface area contributed by atoms with Crippen molar-refractivity contribution in [2.45, 2.75) is 31.4 Å². The van der Waals surface area contributed by atoms with Gasteiger partial charge in [-0.2, -0.15) is 13.2 Å². The minimum absolute atomic E-state index is 0.0756. The van der Waals surface area contributed by atoms with Crippen LogP contribution in [0.3, 0.4) is 0 Å². The van der Waals surface area contributed by atoms with E-state index in [-0.39, 0.29) is 30.4 Å². The fourth-order valence-corrected chi connectivity index (χ4v) is 2.93. The number of halogens is 5. The third-order valence-electron chi connectivity index (χ3n) is 4.11. The van der Waals surface area contributed by atoms with Gasteiger partial charge in [-0.15, -0.1) is 0 Å². The molecule has 0 aromatic carbocycles. The molecule has 1 aliphatic rings. The van der Waals surface area contributed by atoms with E-state index in [9.17, 15) is 22.4 Å². The first kappa shape index (κ1) is 19.5. The van der Waals surface area contributed by atoms with Gasteiger partial charge >= 0.3 is 6.18 Å². The summed E-state index contributed by atoms with van der Waals surface area (Å²) >= 11 is 6.09. The van der Waals surface area contributed by atoms with Crippen molar-refractivity contribution in [3.63, 3.8) is 0 Å². The summed E-state index contributed by atoms with van der Waals surface area (Å²) in [5.41, 5.74) is 0.289. The zero-order valence-corrected chi connectivity index (χ0v) is 14.6. The molecule has 0 radical (unpaired) electrons. The van der Waals surface area contributed by atoms with Gasteiger partial charge in [-0.3, -0.25) is 14.8 Å². The second-order valence-corrected chi connectivity index (χ2v) is 6.50. The SMILES string of the molecule is O=C(NCc1cc(-c2ccc(C(F)(F)F)nc2)c(Cl)cn1)[C@H]1C[C@@H](F)CN1. The third-order valence-corrected chi connectivity index (χ3v) is 4.42. The van der Waals surface area contributed by atoms with Crippen LogP contribution in [0.5, 0.6) is 0 Å². The molecule has 27 heavy (non-hydrogen) atoms. The van der Waals surface area contributed by atoms with Crippen molar-refractivity contribution >= 4 is 17.5 Å². The molecule has 3 rings (SSSR count). The summed E-state index contributed by atoms with van der Waals surface area (Å²) in [6, 6.07) is 3.11. The first-order valence-electron chi connectivity index (χ1n) is 8.07. The number of amides is 1. The van der Waals surface area contributed by atoms with E-state index in [2.05, 4.69) is 20.6 Å². The Morgan fingerprint density at radius 1 is 1.30 bits per heavy atom. The Morgan fingerprint density at radius 3 is 2.67 bits per heavy atom. The molecule has 0 spiro atoms.